The first-order valence-electron chi connectivity index (χ1n) is 4.90. The van der Waals surface area contributed by atoms with Crippen LogP contribution in [0, 0.1) is 0 Å². The zero-order chi connectivity index (χ0) is 12.1. The summed E-state index contributed by atoms with van der Waals surface area (Å²) in [5.41, 5.74) is 6.70. The van der Waals surface area contributed by atoms with Gasteiger partial charge < -0.3 is 10.5 Å². The van der Waals surface area contributed by atoms with Crippen LogP contribution in [0.4, 0.5) is 0 Å². The minimum absolute atomic E-state index is 0.153. The number of nitrogens with two attached hydrogens (primary N) is 1. The van der Waals surface area contributed by atoms with Gasteiger partial charge in [-0.1, -0.05) is 27.5 Å². The van der Waals surface area contributed by atoms with E-state index in [-0.39, 0.29) is 12.4 Å². The topological polar surface area (TPSA) is 52.3 Å². The average molecular weight is 307 g/mol. The van der Waals surface area contributed by atoms with Crippen molar-refractivity contribution < 1.29 is 9.53 Å². The fourth-order valence-electron chi connectivity index (χ4n) is 1.31. The van der Waals surface area contributed by atoms with Crippen molar-refractivity contribution in [1.82, 2.24) is 0 Å². The molecule has 0 saturated heterocycles. The summed E-state index contributed by atoms with van der Waals surface area (Å²) in [6.45, 7) is 2.13. The molecule has 2 N–H and O–H groups in total. The van der Waals surface area contributed by atoms with E-state index in [1.807, 2.05) is 6.07 Å². The molecule has 0 aromatic heterocycles. The van der Waals surface area contributed by atoms with E-state index in [4.69, 9.17) is 22.1 Å². The summed E-state index contributed by atoms with van der Waals surface area (Å²) in [5, 5.41) is 0.587. The second-order valence-electron chi connectivity index (χ2n) is 3.32. The third kappa shape index (κ3) is 4.12. The van der Waals surface area contributed by atoms with E-state index in [1.54, 1.807) is 19.1 Å². The molecule has 1 atom stereocenters. The minimum Gasteiger partial charge on any atom is -0.466 e. The molecule has 5 heteroatoms. The maximum Gasteiger partial charge on any atom is 0.307 e. The van der Waals surface area contributed by atoms with E-state index < -0.39 is 6.04 Å². The molecule has 0 unspecified atom stereocenters. The highest BCUT2D eigenvalue weighted by Gasteiger charge is 2.13. The van der Waals surface area contributed by atoms with Gasteiger partial charge in [0.25, 0.3) is 0 Å². The van der Waals surface area contributed by atoms with Crippen molar-refractivity contribution in [3.05, 3.63) is 33.3 Å². The van der Waals surface area contributed by atoms with Gasteiger partial charge in [-0.2, -0.15) is 0 Å². The Morgan fingerprint density at radius 2 is 2.25 bits per heavy atom. The Kier molecular flexibility index (Phi) is 5.25. The van der Waals surface area contributed by atoms with Crippen LogP contribution in [0.3, 0.4) is 0 Å². The molecule has 0 saturated carbocycles. The summed E-state index contributed by atoms with van der Waals surface area (Å²) in [6, 6.07) is 4.96. The van der Waals surface area contributed by atoms with E-state index in [2.05, 4.69) is 15.9 Å². The number of halogens is 2. The van der Waals surface area contributed by atoms with Crippen molar-refractivity contribution in [3.63, 3.8) is 0 Å². The quantitative estimate of drug-likeness (QED) is 0.870. The lowest BCUT2D eigenvalue weighted by molar-refractivity contribution is -0.143. The molecule has 0 amide bonds. The Labute approximate surface area is 108 Å². The van der Waals surface area contributed by atoms with Crippen LogP contribution in [-0.4, -0.2) is 12.6 Å². The van der Waals surface area contributed by atoms with Crippen molar-refractivity contribution >= 4 is 33.5 Å². The number of benzene rings is 1. The molecule has 0 bridgehead atoms. The van der Waals surface area contributed by atoms with Gasteiger partial charge in [0.1, 0.15) is 0 Å². The molecule has 0 aliphatic heterocycles. The summed E-state index contributed by atoms with van der Waals surface area (Å²) in [6.07, 6.45) is 0.153. The van der Waals surface area contributed by atoms with E-state index >= 15 is 0 Å². The van der Waals surface area contributed by atoms with Gasteiger partial charge in [-0.05, 0) is 30.7 Å². The molecule has 1 aromatic carbocycles. The predicted molar refractivity (Wildman–Crippen MR) is 67.3 cm³/mol. The van der Waals surface area contributed by atoms with Crippen molar-refractivity contribution in [2.45, 2.75) is 19.4 Å². The number of ether oxygens (including phenoxy) is 1. The van der Waals surface area contributed by atoms with E-state index in [9.17, 15) is 4.79 Å². The van der Waals surface area contributed by atoms with E-state index in [1.165, 1.54) is 0 Å². The lowest BCUT2D eigenvalue weighted by Gasteiger charge is -2.12. The van der Waals surface area contributed by atoms with Gasteiger partial charge in [-0.15, -0.1) is 0 Å². The van der Waals surface area contributed by atoms with Crippen LogP contribution >= 0.6 is 27.5 Å². The van der Waals surface area contributed by atoms with Gasteiger partial charge in [0.15, 0.2) is 0 Å². The second kappa shape index (κ2) is 6.23. The van der Waals surface area contributed by atoms with Crippen LogP contribution in [0.1, 0.15) is 24.9 Å². The van der Waals surface area contributed by atoms with Crippen LogP contribution in [0.15, 0.2) is 22.7 Å². The predicted octanol–water partition coefficient (Wildman–Crippen LogP) is 3.06. The normalized spacial score (nSPS) is 12.2. The molecule has 88 valence electrons. The van der Waals surface area contributed by atoms with Gasteiger partial charge in [0.05, 0.1) is 13.0 Å². The monoisotopic (exact) mass is 305 g/mol. The van der Waals surface area contributed by atoms with Gasteiger partial charge in [-0.25, -0.2) is 0 Å². The summed E-state index contributed by atoms with van der Waals surface area (Å²) >= 11 is 9.21. The molecule has 0 spiro atoms. The Morgan fingerprint density at radius 3 is 2.81 bits per heavy atom. The van der Waals surface area contributed by atoms with Crippen molar-refractivity contribution in [2.24, 2.45) is 5.73 Å². The molecule has 1 rings (SSSR count). The van der Waals surface area contributed by atoms with Crippen LogP contribution in [0.5, 0.6) is 0 Å². The lowest BCUT2D eigenvalue weighted by atomic mass is 10.1. The van der Waals surface area contributed by atoms with Crippen LogP contribution in [0.25, 0.3) is 0 Å². The summed E-state index contributed by atoms with van der Waals surface area (Å²) in [7, 11) is 0. The third-order valence-corrected chi connectivity index (χ3v) is 2.68. The molecule has 0 heterocycles. The van der Waals surface area contributed by atoms with E-state index in [0.29, 0.717) is 11.6 Å². The van der Waals surface area contributed by atoms with Gasteiger partial charge in [-0.3, -0.25) is 4.79 Å². The highest BCUT2D eigenvalue weighted by atomic mass is 79.9. The third-order valence-electron chi connectivity index (χ3n) is 2.00. The van der Waals surface area contributed by atoms with Gasteiger partial charge >= 0.3 is 5.97 Å². The lowest BCUT2D eigenvalue weighted by Crippen LogP contribution is -2.17. The fraction of sp³-hybridized carbons (Fsp3) is 0.364. The number of rotatable bonds is 4. The van der Waals surface area contributed by atoms with Gasteiger partial charge in [0, 0.05) is 15.5 Å². The fourth-order valence-corrected chi connectivity index (χ4v) is 2.19. The molecule has 16 heavy (non-hydrogen) atoms. The van der Waals surface area contributed by atoms with Crippen molar-refractivity contribution in [1.29, 1.82) is 0 Å². The molecule has 0 aliphatic carbocycles. The molecule has 3 nitrogen and oxygen atoms in total. The maximum absolute atomic E-state index is 11.2. The Morgan fingerprint density at radius 1 is 1.56 bits per heavy atom. The summed E-state index contributed by atoms with van der Waals surface area (Å²) in [4.78, 5) is 11.2. The number of esters is 1. The Balaban J connectivity index is 2.72. The number of carbonyl (C=O) groups excluding carboxylic acids is 1. The smallest absolute Gasteiger partial charge is 0.307 e. The van der Waals surface area contributed by atoms with Gasteiger partial charge in [0.2, 0.25) is 0 Å². The first-order valence-corrected chi connectivity index (χ1v) is 6.07. The van der Waals surface area contributed by atoms with Crippen molar-refractivity contribution in [2.75, 3.05) is 6.61 Å². The minimum atomic E-state index is -0.394. The standard InChI is InChI=1S/C11H13BrClNO2/c1-2-16-11(15)6-10(14)7-3-8(12)5-9(13)4-7/h3-5,10H,2,6,14H2,1H3/t10-/m0/s1. The first-order chi connectivity index (χ1) is 7.52. The maximum atomic E-state index is 11.2. The number of hydrogen-bond donors (Lipinski definition) is 1. The second-order valence-corrected chi connectivity index (χ2v) is 4.67. The van der Waals surface area contributed by atoms with Crippen LogP contribution < -0.4 is 5.73 Å². The van der Waals surface area contributed by atoms with Crippen LogP contribution in [0.2, 0.25) is 5.02 Å². The number of carbonyl (C=O) groups is 1. The molecule has 1 aromatic rings. The first kappa shape index (κ1) is 13.5. The molecule has 0 radical (unpaired) electrons. The SMILES string of the molecule is CCOC(=O)C[C@H](N)c1cc(Cl)cc(Br)c1. The van der Waals surface area contributed by atoms with Crippen LogP contribution in [-0.2, 0) is 9.53 Å². The summed E-state index contributed by atoms with van der Waals surface area (Å²) < 4.78 is 5.67. The van der Waals surface area contributed by atoms with Crippen molar-refractivity contribution in [3.8, 4) is 0 Å². The number of hydrogen-bond acceptors (Lipinski definition) is 3. The Bertz CT molecular complexity index is 364. The largest absolute Gasteiger partial charge is 0.466 e. The molecular formula is C11H13BrClNO2. The highest BCUT2D eigenvalue weighted by Crippen LogP contribution is 2.24. The zero-order valence-corrected chi connectivity index (χ0v) is 11.2. The molecular weight excluding hydrogens is 293 g/mol. The van der Waals surface area contributed by atoms with E-state index in [0.717, 1.165) is 10.0 Å². The highest BCUT2D eigenvalue weighted by molar-refractivity contribution is 9.10. The Hall–Kier alpha value is -0.580. The zero-order valence-electron chi connectivity index (χ0n) is 8.87. The summed E-state index contributed by atoms with van der Waals surface area (Å²) in [5.74, 6) is -0.300. The average Bonchev–Trinajstić information content (AvgIpc) is 2.16. The molecule has 0 fully saturated rings. The molecule has 0 aliphatic rings.